The van der Waals surface area contributed by atoms with Gasteiger partial charge in [-0.1, -0.05) is 12.1 Å². The minimum absolute atomic E-state index is 0.202. The third-order valence-electron chi connectivity index (χ3n) is 8.21. The minimum Gasteiger partial charge on any atom is -0.399 e. The highest BCUT2D eigenvalue weighted by molar-refractivity contribution is 6.62. The van der Waals surface area contributed by atoms with E-state index >= 15 is 0 Å². The molecule has 28 heavy (non-hydrogen) atoms. The zero-order valence-electron chi connectivity index (χ0n) is 17.5. The van der Waals surface area contributed by atoms with Crippen LogP contribution in [0.25, 0.3) is 0 Å². The fraction of sp³-hybridized carbons (Fsp3) is 0.696. The maximum atomic E-state index is 13.2. The lowest BCUT2D eigenvalue weighted by Crippen LogP contribution is -2.49. The molecule has 5 heteroatoms. The summed E-state index contributed by atoms with van der Waals surface area (Å²) in [5.41, 5.74) is 1.08. The van der Waals surface area contributed by atoms with Crippen molar-refractivity contribution in [2.24, 2.45) is 29.6 Å². The maximum absolute atomic E-state index is 13.2. The van der Waals surface area contributed by atoms with Crippen molar-refractivity contribution in [3.05, 3.63) is 24.3 Å². The van der Waals surface area contributed by atoms with E-state index in [1.54, 1.807) is 0 Å². The molecule has 0 spiro atoms. The largest absolute Gasteiger partial charge is 0.494 e. The summed E-state index contributed by atoms with van der Waals surface area (Å²) in [4.78, 5) is 13.2. The van der Waals surface area contributed by atoms with Crippen LogP contribution in [-0.4, -0.2) is 24.2 Å². The summed E-state index contributed by atoms with van der Waals surface area (Å²) in [6.07, 6.45) is 6.47. The van der Waals surface area contributed by atoms with Crippen LogP contribution in [0.1, 0.15) is 59.8 Å². The summed E-state index contributed by atoms with van der Waals surface area (Å²) < 4.78 is 12.3. The molecule has 0 atom stereocenters. The van der Waals surface area contributed by atoms with E-state index in [0.717, 1.165) is 23.0 Å². The van der Waals surface area contributed by atoms with Crippen LogP contribution in [0.5, 0.6) is 0 Å². The van der Waals surface area contributed by atoms with Crippen LogP contribution in [-0.2, 0) is 14.1 Å². The van der Waals surface area contributed by atoms with Crippen molar-refractivity contribution in [3.8, 4) is 0 Å². The first-order valence-electron chi connectivity index (χ1n) is 11.0. The average Bonchev–Trinajstić information content (AvgIpc) is 2.82. The lowest BCUT2D eigenvalue weighted by Gasteiger charge is -2.53. The number of amides is 1. The molecular weight excluding hydrogens is 349 g/mol. The lowest BCUT2D eigenvalue weighted by molar-refractivity contribution is -0.132. The molecule has 1 amide bonds. The van der Waals surface area contributed by atoms with Crippen LogP contribution in [0.4, 0.5) is 5.69 Å². The molecular formula is C23H32BNO3. The van der Waals surface area contributed by atoms with E-state index in [1.807, 2.05) is 24.3 Å². The van der Waals surface area contributed by atoms with Gasteiger partial charge in [0, 0.05) is 11.6 Å². The smallest absolute Gasteiger partial charge is 0.399 e. The van der Waals surface area contributed by atoms with Gasteiger partial charge in [-0.2, -0.15) is 0 Å². The highest BCUT2D eigenvalue weighted by atomic mass is 16.7. The van der Waals surface area contributed by atoms with Crippen molar-refractivity contribution in [3.63, 3.8) is 0 Å². The van der Waals surface area contributed by atoms with Crippen LogP contribution in [0.3, 0.4) is 0 Å². The van der Waals surface area contributed by atoms with Gasteiger partial charge >= 0.3 is 7.12 Å². The molecule has 0 aromatic heterocycles. The van der Waals surface area contributed by atoms with Crippen molar-refractivity contribution in [1.82, 2.24) is 0 Å². The summed E-state index contributed by atoms with van der Waals surface area (Å²) in [7, 11) is -0.400. The Morgan fingerprint density at radius 3 is 2.11 bits per heavy atom. The summed E-state index contributed by atoms with van der Waals surface area (Å²) in [6.45, 7) is 8.24. The van der Waals surface area contributed by atoms with Gasteiger partial charge in [0.2, 0.25) is 5.91 Å². The van der Waals surface area contributed by atoms with Crippen molar-refractivity contribution in [2.75, 3.05) is 5.32 Å². The van der Waals surface area contributed by atoms with E-state index < -0.39 is 7.12 Å². The Morgan fingerprint density at radius 1 is 0.964 bits per heavy atom. The number of carbonyl (C=O) groups excluding carboxylic acids is 1. The lowest BCUT2D eigenvalue weighted by atomic mass is 9.51. The number of benzene rings is 1. The SMILES string of the molecule is CC1(C)OB(c2cccc(NC(=O)C3C4CC5CC(C4)CC3C5)c2)OC1(C)C. The molecule has 6 rings (SSSR count). The molecule has 4 aliphatic carbocycles. The third-order valence-corrected chi connectivity index (χ3v) is 8.21. The van der Waals surface area contributed by atoms with E-state index in [0.29, 0.717) is 11.8 Å². The van der Waals surface area contributed by atoms with E-state index in [1.165, 1.54) is 32.1 Å². The maximum Gasteiger partial charge on any atom is 0.494 e. The van der Waals surface area contributed by atoms with Gasteiger partial charge in [-0.3, -0.25) is 4.79 Å². The zero-order valence-corrected chi connectivity index (χ0v) is 17.5. The molecule has 4 nitrogen and oxygen atoms in total. The van der Waals surface area contributed by atoms with Crippen LogP contribution in [0, 0.1) is 29.6 Å². The van der Waals surface area contributed by atoms with E-state index in [-0.39, 0.29) is 23.0 Å². The second-order valence-corrected chi connectivity index (χ2v) is 10.7. The van der Waals surface area contributed by atoms with Gasteiger partial charge in [0.25, 0.3) is 0 Å². The average molecular weight is 381 g/mol. The Hall–Kier alpha value is -1.33. The molecule has 4 bridgehead atoms. The molecule has 1 saturated heterocycles. The summed E-state index contributed by atoms with van der Waals surface area (Å²) in [5.74, 6) is 3.40. The molecule has 0 unspecified atom stereocenters. The van der Waals surface area contributed by atoms with Crippen LogP contribution in [0.15, 0.2) is 24.3 Å². The van der Waals surface area contributed by atoms with Crippen molar-refractivity contribution in [1.29, 1.82) is 0 Å². The van der Waals surface area contributed by atoms with Crippen LogP contribution >= 0.6 is 0 Å². The zero-order chi connectivity index (χ0) is 19.7. The van der Waals surface area contributed by atoms with Gasteiger partial charge in [-0.15, -0.1) is 0 Å². The van der Waals surface area contributed by atoms with Crippen molar-refractivity contribution in [2.45, 2.75) is 71.0 Å². The molecule has 0 radical (unpaired) electrons. The topological polar surface area (TPSA) is 47.6 Å². The van der Waals surface area contributed by atoms with E-state index in [2.05, 4.69) is 33.0 Å². The van der Waals surface area contributed by atoms with Gasteiger partial charge in [0.05, 0.1) is 11.2 Å². The van der Waals surface area contributed by atoms with Gasteiger partial charge in [-0.05, 0) is 101 Å². The Labute approximate surface area is 168 Å². The first-order chi connectivity index (χ1) is 13.2. The molecule has 1 aliphatic heterocycles. The molecule has 150 valence electrons. The van der Waals surface area contributed by atoms with Crippen molar-refractivity contribution >= 4 is 24.2 Å². The Morgan fingerprint density at radius 2 is 1.54 bits per heavy atom. The number of anilines is 1. The van der Waals surface area contributed by atoms with Gasteiger partial charge in [0.15, 0.2) is 0 Å². The first-order valence-corrected chi connectivity index (χ1v) is 11.0. The quantitative estimate of drug-likeness (QED) is 0.806. The van der Waals surface area contributed by atoms with E-state index in [4.69, 9.17) is 9.31 Å². The van der Waals surface area contributed by atoms with Crippen LogP contribution < -0.4 is 10.8 Å². The highest BCUT2D eigenvalue weighted by Gasteiger charge is 2.52. The molecule has 5 aliphatic rings. The predicted octanol–water partition coefficient (Wildman–Crippen LogP) is 4.00. The van der Waals surface area contributed by atoms with Gasteiger partial charge in [0.1, 0.15) is 0 Å². The second kappa shape index (κ2) is 6.34. The number of carbonyl (C=O) groups is 1. The Kier molecular flexibility index (Phi) is 4.23. The monoisotopic (exact) mass is 381 g/mol. The third kappa shape index (κ3) is 3.02. The molecule has 1 aromatic carbocycles. The number of hydrogen-bond acceptors (Lipinski definition) is 3. The van der Waals surface area contributed by atoms with Crippen molar-refractivity contribution < 1.29 is 14.1 Å². The normalized spacial score (nSPS) is 37.3. The fourth-order valence-corrected chi connectivity index (χ4v) is 6.32. The number of rotatable bonds is 3. The first kappa shape index (κ1) is 18.7. The number of hydrogen-bond donors (Lipinski definition) is 1. The highest BCUT2D eigenvalue weighted by Crippen LogP contribution is 2.56. The summed E-state index contributed by atoms with van der Waals surface area (Å²) in [5, 5.41) is 3.23. The molecule has 5 fully saturated rings. The Bertz CT molecular complexity index is 746. The van der Waals surface area contributed by atoms with E-state index in [9.17, 15) is 4.79 Å². The Balaban J connectivity index is 1.30. The fourth-order valence-electron chi connectivity index (χ4n) is 6.32. The molecule has 1 aromatic rings. The van der Waals surface area contributed by atoms with Gasteiger partial charge in [-0.25, -0.2) is 0 Å². The molecule has 1 heterocycles. The molecule has 4 saturated carbocycles. The summed E-state index contributed by atoms with van der Waals surface area (Å²) in [6, 6.07) is 7.98. The van der Waals surface area contributed by atoms with Crippen LogP contribution in [0.2, 0.25) is 0 Å². The summed E-state index contributed by atoms with van der Waals surface area (Å²) >= 11 is 0. The molecule has 1 N–H and O–H groups in total. The minimum atomic E-state index is -0.400. The number of nitrogens with one attached hydrogen (secondary N) is 1. The van der Waals surface area contributed by atoms with Gasteiger partial charge < -0.3 is 14.6 Å². The standard InChI is InChI=1S/C23H32BNO3/c1-22(2)23(3,4)28-24(27-22)18-6-5-7-19(13-18)25-21(26)20-16-9-14-8-15(11-16)12-17(20)10-14/h5-7,13-17,20H,8-12H2,1-4H3,(H,25,26). The second-order valence-electron chi connectivity index (χ2n) is 10.7. The predicted molar refractivity (Wildman–Crippen MR) is 111 cm³/mol.